The predicted octanol–water partition coefficient (Wildman–Crippen LogP) is 3.08. The van der Waals surface area contributed by atoms with Gasteiger partial charge in [-0.15, -0.1) is 0 Å². The van der Waals surface area contributed by atoms with Crippen LogP contribution in [-0.2, 0) is 24.3 Å². The zero-order valence-electron chi connectivity index (χ0n) is 14.8. The summed E-state index contributed by atoms with van der Waals surface area (Å²) in [6.07, 6.45) is 6.29. The molecule has 1 aliphatic rings. The van der Waals surface area contributed by atoms with Crippen LogP contribution in [0.1, 0.15) is 37.6 Å². The van der Waals surface area contributed by atoms with Gasteiger partial charge in [0.15, 0.2) is 4.77 Å². The molecule has 0 unspecified atom stereocenters. The molecule has 3 rings (SSSR count). The van der Waals surface area contributed by atoms with Crippen molar-refractivity contribution in [1.82, 2.24) is 19.9 Å². The molecule has 1 aliphatic heterocycles. The van der Waals surface area contributed by atoms with Crippen LogP contribution in [0, 0.1) is 10.2 Å². The van der Waals surface area contributed by atoms with Gasteiger partial charge >= 0.3 is 0 Å². The Morgan fingerprint density at radius 1 is 1.40 bits per heavy atom. The second kappa shape index (κ2) is 7.01. The van der Waals surface area contributed by atoms with Gasteiger partial charge in [0, 0.05) is 72.6 Å². The molecule has 0 aromatic carbocycles. The summed E-state index contributed by atoms with van der Waals surface area (Å²) < 4.78 is 0.534. The van der Waals surface area contributed by atoms with E-state index in [2.05, 4.69) is 25.2 Å². The normalized spacial score (nSPS) is 14.8. The van der Waals surface area contributed by atoms with Crippen LogP contribution >= 0.6 is 12.2 Å². The summed E-state index contributed by atoms with van der Waals surface area (Å²) in [4.78, 5) is 26.2. The van der Waals surface area contributed by atoms with E-state index in [-0.39, 0.29) is 5.91 Å². The Morgan fingerprint density at radius 3 is 2.96 bits per heavy atom. The van der Waals surface area contributed by atoms with Crippen LogP contribution in [0.5, 0.6) is 0 Å². The Labute approximate surface area is 152 Å². The molecule has 1 amide bonds. The Balaban J connectivity index is 1.75. The van der Waals surface area contributed by atoms with Gasteiger partial charge in [-0.2, -0.15) is 0 Å². The van der Waals surface area contributed by atoms with Crippen molar-refractivity contribution in [3.05, 3.63) is 46.2 Å². The summed E-state index contributed by atoms with van der Waals surface area (Å²) in [7, 11) is 0. The van der Waals surface area contributed by atoms with Crippen LogP contribution < -0.4 is 5.32 Å². The number of rotatable bonds is 3. The van der Waals surface area contributed by atoms with E-state index < -0.39 is 5.41 Å². The van der Waals surface area contributed by atoms with Gasteiger partial charge in [-0.05, 0) is 18.3 Å². The number of fused-ring (bicyclic) bond motifs is 1. The number of carbonyl (C=O) groups excluding carboxylic acids is 1. The Kier molecular flexibility index (Phi) is 4.96. The number of hydrogen-bond donors (Lipinski definition) is 2. The number of pyridine rings is 1. The fourth-order valence-electron chi connectivity index (χ4n) is 2.77. The number of hydrogen-bond acceptors (Lipinski definition) is 5. The maximum atomic E-state index is 12.3. The van der Waals surface area contributed by atoms with Crippen LogP contribution in [0.4, 0.5) is 5.69 Å². The summed E-state index contributed by atoms with van der Waals surface area (Å²) in [6, 6.07) is 1.86. The fraction of sp³-hybridized carbons (Fsp3) is 0.444. The molecule has 132 valence electrons. The lowest BCUT2D eigenvalue weighted by molar-refractivity contribution is -0.123. The van der Waals surface area contributed by atoms with Gasteiger partial charge in [0.2, 0.25) is 5.91 Å². The number of carbonyl (C=O) groups is 1. The van der Waals surface area contributed by atoms with E-state index in [9.17, 15) is 4.79 Å². The third-order valence-electron chi connectivity index (χ3n) is 4.28. The Morgan fingerprint density at radius 2 is 2.20 bits per heavy atom. The van der Waals surface area contributed by atoms with Gasteiger partial charge in [-0.1, -0.05) is 20.8 Å². The Bertz CT molecular complexity index is 840. The van der Waals surface area contributed by atoms with Crippen LogP contribution in [-0.4, -0.2) is 32.3 Å². The van der Waals surface area contributed by atoms with Gasteiger partial charge in [0.05, 0.1) is 0 Å². The molecule has 6 nitrogen and oxygen atoms in total. The molecule has 0 atom stereocenters. The zero-order valence-corrected chi connectivity index (χ0v) is 15.6. The first-order chi connectivity index (χ1) is 11.8. The van der Waals surface area contributed by atoms with Crippen molar-refractivity contribution in [2.75, 3.05) is 11.9 Å². The van der Waals surface area contributed by atoms with Crippen LogP contribution in [0.3, 0.4) is 0 Å². The number of anilines is 1. The summed E-state index contributed by atoms with van der Waals surface area (Å²) in [5.74, 6) is 0.000662. The zero-order chi connectivity index (χ0) is 18.0. The molecule has 0 saturated heterocycles. The number of nitrogens with one attached hydrogen (secondary N) is 2. The molecule has 0 radical (unpaired) electrons. The van der Waals surface area contributed by atoms with Gasteiger partial charge in [0.1, 0.15) is 0 Å². The van der Waals surface area contributed by atoms with E-state index in [0.717, 1.165) is 37.3 Å². The van der Waals surface area contributed by atoms with Crippen molar-refractivity contribution in [2.24, 2.45) is 5.41 Å². The van der Waals surface area contributed by atoms with Crippen molar-refractivity contribution < 1.29 is 4.79 Å². The second-order valence-corrected chi connectivity index (χ2v) is 7.78. The monoisotopic (exact) mass is 357 g/mol. The lowest BCUT2D eigenvalue weighted by Gasteiger charge is -2.29. The number of amides is 1. The van der Waals surface area contributed by atoms with E-state index in [1.165, 1.54) is 11.3 Å². The molecular weight excluding hydrogens is 334 g/mol. The molecule has 0 saturated carbocycles. The molecule has 3 heterocycles. The van der Waals surface area contributed by atoms with Crippen molar-refractivity contribution in [3.8, 4) is 0 Å². The van der Waals surface area contributed by atoms with E-state index in [1.807, 2.05) is 39.2 Å². The predicted molar refractivity (Wildman–Crippen MR) is 99.6 cm³/mol. The van der Waals surface area contributed by atoms with Gasteiger partial charge < -0.3 is 10.3 Å². The third kappa shape index (κ3) is 4.29. The van der Waals surface area contributed by atoms with Gasteiger partial charge in [-0.25, -0.2) is 4.98 Å². The summed E-state index contributed by atoms with van der Waals surface area (Å²) in [5.41, 5.74) is 3.74. The van der Waals surface area contributed by atoms with Gasteiger partial charge in [-0.3, -0.25) is 14.7 Å². The maximum Gasteiger partial charge on any atom is 0.229 e. The number of H-pyrrole nitrogens is 1. The van der Waals surface area contributed by atoms with Gasteiger partial charge in [0.25, 0.3) is 0 Å². The largest absolute Gasteiger partial charge is 0.334 e. The quantitative estimate of drug-likeness (QED) is 0.826. The van der Waals surface area contributed by atoms with Crippen molar-refractivity contribution in [3.63, 3.8) is 0 Å². The highest BCUT2D eigenvalue weighted by molar-refractivity contribution is 7.71. The van der Waals surface area contributed by atoms with Crippen molar-refractivity contribution in [2.45, 2.75) is 40.3 Å². The highest BCUT2D eigenvalue weighted by Gasteiger charge is 2.23. The van der Waals surface area contributed by atoms with Crippen molar-refractivity contribution >= 4 is 23.8 Å². The van der Waals surface area contributed by atoms with Crippen LogP contribution in [0.25, 0.3) is 0 Å². The van der Waals surface area contributed by atoms with Crippen LogP contribution in [0.2, 0.25) is 0 Å². The van der Waals surface area contributed by atoms with E-state index in [0.29, 0.717) is 4.77 Å². The molecule has 2 aromatic rings. The summed E-state index contributed by atoms with van der Waals surface area (Å²) in [5, 5.41) is 3.03. The first-order valence-corrected chi connectivity index (χ1v) is 8.77. The number of aromatic nitrogens is 3. The average molecular weight is 357 g/mol. The molecule has 25 heavy (non-hydrogen) atoms. The molecule has 2 N–H and O–H groups in total. The number of aromatic amines is 1. The topological polar surface area (TPSA) is 73.9 Å². The minimum atomic E-state index is -0.436. The number of nitrogens with zero attached hydrogens (tertiary/aromatic N) is 3. The highest BCUT2D eigenvalue weighted by atomic mass is 32.1. The summed E-state index contributed by atoms with van der Waals surface area (Å²) >= 11 is 5.09. The van der Waals surface area contributed by atoms with Crippen molar-refractivity contribution in [1.29, 1.82) is 0 Å². The van der Waals surface area contributed by atoms with Crippen LogP contribution in [0.15, 0.2) is 24.7 Å². The smallest absolute Gasteiger partial charge is 0.229 e. The fourth-order valence-corrected chi connectivity index (χ4v) is 2.94. The lowest BCUT2D eigenvalue weighted by atomic mass is 9.95. The second-order valence-electron chi connectivity index (χ2n) is 7.39. The first-order valence-electron chi connectivity index (χ1n) is 8.37. The first kappa shape index (κ1) is 17.7. The molecule has 2 aromatic heterocycles. The maximum absolute atomic E-state index is 12.3. The molecule has 7 heteroatoms. The molecule has 0 bridgehead atoms. The molecular formula is C18H23N5OS. The Hall–Kier alpha value is -2.12. The summed E-state index contributed by atoms with van der Waals surface area (Å²) in [6.45, 7) is 8.16. The SMILES string of the molecule is CC(C)(C)C(=O)Nc1ccncc1CN1CCc2[nH]c(=S)ncc2C1. The third-order valence-corrected chi connectivity index (χ3v) is 4.49. The average Bonchev–Trinajstić information content (AvgIpc) is 2.56. The molecule has 0 aliphatic carbocycles. The minimum Gasteiger partial charge on any atom is -0.334 e. The van der Waals surface area contributed by atoms with E-state index >= 15 is 0 Å². The van der Waals surface area contributed by atoms with E-state index in [4.69, 9.17) is 12.2 Å². The molecule has 0 fully saturated rings. The molecule has 0 spiro atoms. The highest BCUT2D eigenvalue weighted by Crippen LogP contribution is 2.23. The minimum absolute atomic E-state index is 0.000662. The standard InChI is InChI=1S/C18H23N5OS/c1-18(2,3)16(24)21-14-4-6-19-8-12(14)10-23-7-5-15-13(11-23)9-20-17(25)22-15/h4,6,8-9H,5,7,10-11H2,1-3H3,(H,19,21,24)(H,20,22,25). The van der Waals surface area contributed by atoms with E-state index in [1.54, 1.807) is 6.20 Å². The lowest BCUT2D eigenvalue weighted by Crippen LogP contribution is -2.32.